The van der Waals surface area contributed by atoms with Crippen molar-refractivity contribution in [2.24, 2.45) is 0 Å². The van der Waals surface area contributed by atoms with Crippen LogP contribution >= 0.6 is 31.9 Å². The maximum absolute atomic E-state index is 12.6. The third kappa shape index (κ3) is 4.74. The van der Waals surface area contributed by atoms with E-state index in [0.29, 0.717) is 40.4 Å². The Morgan fingerprint density at radius 3 is 2.50 bits per heavy atom. The summed E-state index contributed by atoms with van der Waals surface area (Å²) in [6.45, 7) is 5.00. The average molecular weight is 457 g/mol. The van der Waals surface area contributed by atoms with Gasteiger partial charge in [-0.15, -0.1) is 0 Å². The highest BCUT2D eigenvalue weighted by atomic mass is 79.9. The number of ether oxygens (including phenoxy) is 2. The molecule has 128 valence electrons. The lowest BCUT2D eigenvalue weighted by atomic mass is 10.1. The molecule has 0 aliphatic carbocycles. The van der Waals surface area contributed by atoms with Crippen molar-refractivity contribution in [3.05, 3.63) is 50.9 Å². The number of nitrogens with one attached hydrogen (secondary N) is 1. The maximum atomic E-state index is 12.6. The van der Waals surface area contributed by atoms with Gasteiger partial charge in [-0.05, 0) is 69.5 Å². The number of hydrogen-bond donors (Lipinski definition) is 1. The van der Waals surface area contributed by atoms with Gasteiger partial charge < -0.3 is 14.8 Å². The van der Waals surface area contributed by atoms with Crippen LogP contribution in [0.3, 0.4) is 0 Å². The molecule has 0 unspecified atom stereocenters. The van der Waals surface area contributed by atoms with Gasteiger partial charge in [-0.3, -0.25) is 4.79 Å². The molecule has 2 aromatic carbocycles. The Labute approximate surface area is 158 Å². The molecule has 0 bridgehead atoms. The van der Waals surface area contributed by atoms with Crippen LogP contribution in [0.2, 0.25) is 0 Å². The number of halogens is 2. The number of rotatable bonds is 7. The van der Waals surface area contributed by atoms with Crippen LogP contribution in [0.25, 0.3) is 0 Å². The number of benzene rings is 2. The molecule has 0 heterocycles. The van der Waals surface area contributed by atoms with Crippen molar-refractivity contribution in [2.45, 2.75) is 20.3 Å². The van der Waals surface area contributed by atoms with Crippen LogP contribution in [0, 0.1) is 0 Å². The van der Waals surface area contributed by atoms with Crippen LogP contribution in [-0.4, -0.2) is 19.1 Å². The van der Waals surface area contributed by atoms with Gasteiger partial charge in [0, 0.05) is 10.0 Å². The molecule has 0 spiro atoms. The van der Waals surface area contributed by atoms with Crippen LogP contribution in [0.4, 0.5) is 5.69 Å². The molecule has 0 saturated heterocycles. The zero-order valence-corrected chi connectivity index (χ0v) is 16.7. The highest BCUT2D eigenvalue weighted by Crippen LogP contribution is 2.37. The highest BCUT2D eigenvalue weighted by Gasteiger charge is 2.16. The number of amides is 1. The van der Waals surface area contributed by atoms with Crippen molar-refractivity contribution in [1.29, 1.82) is 0 Å². The highest BCUT2D eigenvalue weighted by molar-refractivity contribution is 9.11. The van der Waals surface area contributed by atoms with Crippen molar-refractivity contribution in [2.75, 3.05) is 18.5 Å². The summed E-state index contributed by atoms with van der Waals surface area (Å²) in [5.74, 6) is 0.958. The quantitative estimate of drug-likeness (QED) is 0.585. The standard InChI is InChI=1S/C18H19Br2NO3/c1-3-9-24-17-14(20)10-12(11-16(17)23-4-2)18(22)21-15-8-6-5-7-13(15)19/h5-8,10-11H,3-4,9H2,1-2H3,(H,21,22). The molecule has 4 nitrogen and oxygen atoms in total. The Hall–Kier alpha value is -1.53. The molecule has 1 amide bonds. The van der Waals surface area contributed by atoms with Crippen LogP contribution < -0.4 is 14.8 Å². The monoisotopic (exact) mass is 455 g/mol. The second-order valence-electron chi connectivity index (χ2n) is 5.00. The van der Waals surface area contributed by atoms with Gasteiger partial charge in [0.2, 0.25) is 0 Å². The van der Waals surface area contributed by atoms with E-state index in [0.717, 1.165) is 10.9 Å². The third-order valence-electron chi connectivity index (χ3n) is 3.14. The Morgan fingerprint density at radius 2 is 1.83 bits per heavy atom. The number of para-hydroxylation sites is 1. The van der Waals surface area contributed by atoms with Crippen molar-refractivity contribution < 1.29 is 14.3 Å². The molecule has 0 radical (unpaired) electrons. The van der Waals surface area contributed by atoms with Crippen molar-refractivity contribution >= 4 is 43.5 Å². The third-order valence-corrected chi connectivity index (χ3v) is 4.42. The molecule has 0 fully saturated rings. The van der Waals surface area contributed by atoms with Gasteiger partial charge in [-0.25, -0.2) is 0 Å². The van der Waals surface area contributed by atoms with Crippen molar-refractivity contribution in [1.82, 2.24) is 0 Å². The number of anilines is 1. The second-order valence-corrected chi connectivity index (χ2v) is 6.71. The Morgan fingerprint density at radius 1 is 1.08 bits per heavy atom. The van der Waals surface area contributed by atoms with E-state index < -0.39 is 0 Å². The zero-order valence-electron chi connectivity index (χ0n) is 13.6. The van der Waals surface area contributed by atoms with Crippen molar-refractivity contribution in [3.63, 3.8) is 0 Å². The molecule has 0 aliphatic heterocycles. The lowest BCUT2D eigenvalue weighted by molar-refractivity contribution is 0.102. The van der Waals surface area contributed by atoms with E-state index in [-0.39, 0.29) is 5.91 Å². The summed E-state index contributed by atoms with van der Waals surface area (Å²) < 4.78 is 12.9. The average Bonchev–Trinajstić information content (AvgIpc) is 2.56. The summed E-state index contributed by atoms with van der Waals surface area (Å²) in [6.07, 6.45) is 0.891. The summed E-state index contributed by atoms with van der Waals surface area (Å²) in [6, 6.07) is 10.9. The Bertz CT molecular complexity index is 719. The smallest absolute Gasteiger partial charge is 0.255 e. The Kier molecular flexibility index (Phi) is 7.12. The van der Waals surface area contributed by atoms with Gasteiger partial charge in [0.25, 0.3) is 5.91 Å². The lowest BCUT2D eigenvalue weighted by Gasteiger charge is -2.15. The van der Waals surface area contributed by atoms with Gasteiger partial charge in [0.15, 0.2) is 11.5 Å². The molecule has 24 heavy (non-hydrogen) atoms. The van der Waals surface area contributed by atoms with E-state index in [9.17, 15) is 4.79 Å². The molecular formula is C18H19Br2NO3. The molecular weight excluding hydrogens is 438 g/mol. The number of carbonyl (C=O) groups is 1. The van der Waals surface area contributed by atoms with Gasteiger partial charge in [-0.2, -0.15) is 0 Å². The summed E-state index contributed by atoms with van der Waals surface area (Å²) in [7, 11) is 0. The molecule has 0 atom stereocenters. The summed E-state index contributed by atoms with van der Waals surface area (Å²) >= 11 is 6.89. The number of hydrogen-bond acceptors (Lipinski definition) is 3. The minimum Gasteiger partial charge on any atom is -0.490 e. The van der Waals surface area contributed by atoms with Crippen LogP contribution in [0.15, 0.2) is 45.3 Å². The first-order chi connectivity index (χ1) is 11.6. The Balaban J connectivity index is 2.29. The van der Waals surface area contributed by atoms with E-state index in [1.165, 1.54) is 0 Å². The predicted molar refractivity (Wildman–Crippen MR) is 103 cm³/mol. The fourth-order valence-electron chi connectivity index (χ4n) is 2.06. The number of carbonyl (C=O) groups excluding carboxylic acids is 1. The van der Waals surface area contributed by atoms with E-state index in [2.05, 4.69) is 37.2 Å². The molecule has 2 aromatic rings. The van der Waals surface area contributed by atoms with E-state index in [4.69, 9.17) is 9.47 Å². The lowest BCUT2D eigenvalue weighted by Crippen LogP contribution is -2.13. The fraction of sp³-hybridized carbons (Fsp3) is 0.278. The zero-order chi connectivity index (χ0) is 17.5. The molecule has 0 aliphatic rings. The largest absolute Gasteiger partial charge is 0.490 e. The van der Waals surface area contributed by atoms with Gasteiger partial charge in [-0.1, -0.05) is 19.1 Å². The molecule has 0 saturated carbocycles. The summed E-state index contributed by atoms with van der Waals surface area (Å²) in [5.41, 5.74) is 1.20. The molecule has 0 aromatic heterocycles. The van der Waals surface area contributed by atoms with Gasteiger partial charge in [0.05, 0.1) is 23.4 Å². The van der Waals surface area contributed by atoms with Crippen LogP contribution in [0.5, 0.6) is 11.5 Å². The summed E-state index contributed by atoms with van der Waals surface area (Å²) in [5, 5.41) is 2.88. The first-order valence-electron chi connectivity index (χ1n) is 7.71. The molecule has 6 heteroatoms. The van der Waals surface area contributed by atoms with Crippen LogP contribution in [0.1, 0.15) is 30.6 Å². The molecule has 2 rings (SSSR count). The van der Waals surface area contributed by atoms with Gasteiger partial charge >= 0.3 is 0 Å². The SMILES string of the molecule is CCCOc1c(Br)cc(C(=O)Nc2ccccc2Br)cc1OCC. The first-order valence-corrected chi connectivity index (χ1v) is 9.30. The van der Waals surface area contributed by atoms with E-state index >= 15 is 0 Å². The molecule has 1 N–H and O–H groups in total. The second kappa shape index (κ2) is 9.08. The minimum absolute atomic E-state index is 0.217. The maximum Gasteiger partial charge on any atom is 0.255 e. The first kappa shape index (κ1) is 18.8. The van der Waals surface area contributed by atoms with Crippen LogP contribution in [-0.2, 0) is 0 Å². The van der Waals surface area contributed by atoms with E-state index in [1.54, 1.807) is 12.1 Å². The summed E-state index contributed by atoms with van der Waals surface area (Å²) in [4.78, 5) is 12.6. The predicted octanol–water partition coefficient (Wildman–Crippen LogP) is 5.65. The topological polar surface area (TPSA) is 47.6 Å². The normalized spacial score (nSPS) is 10.3. The van der Waals surface area contributed by atoms with E-state index in [1.807, 2.05) is 38.1 Å². The van der Waals surface area contributed by atoms with Gasteiger partial charge in [0.1, 0.15) is 0 Å². The minimum atomic E-state index is -0.217. The van der Waals surface area contributed by atoms with Crippen molar-refractivity contribution in [3.8, 4) is 11.5 Å². The fourth-order valence-corrected chi connectivity index (χ4v) is 3.00.